The number of nitrogens with zero attached hydrogens (tertiary/aromatic N) is 3. The molecule has 0 atom stereocenters. The summed E-state index contributed by atoms with van der Waals surface area (Å²) in [6, 6.07) is 8.02. The fourth-order valence-corrected chi connectivity index (χ4v) is 1.69. The van der Waals surface area contributed by atoms with E-state index in [1.54, 1.807) is 0 Å². The van der Waals surface area contributed by atoms with E-state index < -0.39 is 0 Å². The Hall–Kier alpha value is -1.57. The van der Waals surface area contributed by atoms with Crippen LogP contribution in [-0.4, -0.2) is 22.3 Å². The lowest BCUT2D eigenvalue weighted by Gasteiger charge is -2.06. The lowest BCUT2D eigenvalue weighted by atomic mass is 10.2. The highest BCUT2D eigenvalue weighted by molar-refractivity contribution is 14.0. The Kier molecular flexibility index (Phi) is 6.50. The van der Waals surface area contributed by atoms with Gasteiger partial charge in [-0.1, -0.05) is 17.7 Å². The highest BCUT2D eigenvalue weighted by atomic mass is 127. The molecule has 0 aliphatic carbocycles. The Morgan fingerprint density at radius 2 is 1.95 bits per heavy atom. The minimum Gasteiger partial charge on any atom is -0.370 e. The Morgan fingerprint density at radius 3 is 2.55 bits per heavy atom. The molecule has 5 nitrogen and oxygen atoms in total. The molecule has 1 aromatic heterocycles. The molecule has 1 aromatic carbocycles. The number of guanidine groups is 1. The van der Waals surface area contributed by atoms with Gasteiger partial charge in [0.2, 0.25) is 0 Å². The van der Waals surface area contributed by atoms with E-state index in [0.29, 0.717) is 12.5 Å². The van der Waals surface area contributed by atoms with Crippen LogP contribution < -0.4 is 11.1 Å². The van der Waals surface area contributed by atoms with Crippen LogP contribution in [0, 0.1) is 13.8 Å². The molecule has 0 amide bonds. The molecule has 2 rings (SSSR count). The van der Waals surface area contributed by atoms with Gasteiger partial charge < -0.3 is 11.1 Å². The van der Waals surface area contributed by atoms with Crippen LogP contribution in [0.1, 0.15) is 11.1 Å². The average molecular weight is 385 g/mol. The Labute approximate surface area is 136 Å². The van der Waals surface area contributed by atoms with Crippen molar-refractivity contribution < 1.29 is 0 Å². The van der Waals surface area contributed by atoms with E-state index in [1.165, 1.54) is 5.56 Å². The van der Waals surface area contributed by atoms with Gasteiger partial charge in [0, 0.05) is 11.9 Å². The number of aliphatic imine (C=N–C) groups is 1. The number of hydrogen-bond acceptors (Lipinski definition) is 2. The van der Waals surface area contributed by atoms with E-state index in [2.05, 4.69) is 15.4 Å². The monoisotopic (exact) mass is 385 g/mol. The van der Waals surface area contributed by atoms with Gasteiger partial charge in [-0.15, -0.1) is 24.0 Å². The molecule has 0 radical (unpaired) electrons. The molecule has 0 saturated heterocycles. The van der Waals surface area contributed by atoms with Crippen LogP contribution in [0.4, 0.5) is 5.69 Å². The molecule has 108 valence electrons. The molecule has 0 aliphatic heterocycles. The number of anilines is 1. The third-order valence-corrected chi connectivity index (χ3v) is 2.70. The number of rotatable bonds is 4. The minimum atomic E-state index is 0. The van der Waals surface area contributed by atoms with Gasteiger partial charge in [0.05, 0.1) is 19.3 Å². The normalized spacial score (nSPS) is 11.0. The molecule has 0 saturated carbocycles. The zero-order valence-corrected chi connectivity index (χ0v) is 14.0. The number of nitrogens with one attached hydrogen (secondary N) is 1. The second-order valence-electron chi connectivity index (χ2n) is 4.54. The Morgan fingerprint density at radius 1 is 1.25 bits per heavy atom. The maximum absolute atomic E-state index is 5.82. The van der Waals surface area contributed by atoms with Crippen LogP contribution in [0.2, 0.25) is 0 Å². The molecular weight excluding hydrogens is 365 g/mol. The standard InChI is InChI=1S/C14H19N5.HI/c1-11-3-5-13(6-4-11)18-14(15)16-7-8-19-10-12(2)9-17-19;/h3-6,9-10H,7-8H2,1-2H3,(H3,15,16,18);1H. The number of halogens is 1. The molecule has 3 N–H and O–H groups in total. The van der Waals surface area contributed by atoms with Crippen LogP contribution in [0.3, 0.4) is 0 Å². The Balaban J connectivity index is 0.00000200. The largest absolute Gasteiger partial charge is 0.370 e. The summed E-state index contributed by atoms with van der Waals surface area (Å²) >= 11 is 0. The minimum absolute atomic E-state index is 0. The molecular formula is C14H20IN5. The van der Waals surface area contributed by atoms with Crippen molar-refractivity contribution in [1.82, 2.24) is 9.78 Å². The van der Waals surface area contributed by atoms with Gasteiger partial charge in [-0.05, 0) is 31.5 Å². The van der Waals surface area contributed by atoms with Crippen molar-refractivity contribution in [3.63, 3.8) is 0 Å². The topological polar surface area (TPSA) is 68.2 Å². The molecule has 0 bridgehead atoms. The fraction of sp³-hybridized carbons (Fsp3) is 0.286. The third-order valence-electron chi connectivity index (χ3n) is 2.70. The van der Waals surface area contributed by atoms with E-state index >= 15 is 0 Å². The molecule has 6 heteroatoms. The Bertz CT molecular complexity index is 559. The third kappa shape index (κ3) is 5.20. The molecule has 1 heterocycles. The van der Waals surface area contributed by atoms with Crippen molar-refractivity contribution in [2.24, 2.45) is 10.7 Å². The maximum atomic E-state index is 5.82. The number of nitrogens with two attached hydrogens (primary N) is 1. The highest BCUT2D eigenvalue weighted by Crippen LogP contribution is 2.07. The van der Waals surface area contributed by atoms with Crippen LogP contribution in [0.15, 0.2) is 41.7 Å². The van der Waals surface area contributed by atoms with Gasteiger partial charge in [-0.3, -0.25) is 9.67 Å². The van der Waals surface area contributed by atoms with Crippen molar-refractivity contribution in [3.05, 3.63) is 47.8 Å². The second-order valence-corrected chi connectivity index (χ2v) is 4.54. The van der Waals surface area contributed by atoms with Gasteiger partial charge in [0.1, 0.15) is 0 Å². The van der Waals surface area contributed by atoms with E-state index in [0.717, 1.165) is 17.8 Å². The molecule has 20 heavy (non-hydrogen) atoms. The van der Waals surface area contributed by atoms with E-state index in [9.17, 15) is 0 Å². The summed E-state index contributed by atoms with van der Waals surface area (Å²) < 4.78 is 1.86. The van der Waals surface area contributed by atoms with Gasteiger partial charge in [0.15, 0.2) is 5.96 Å². The van der Waals surface area contributed by atoms with Crippen LogP contribution >= 0.6 is 24.0 Å². The summed E-state index contributed by atoms with van der Waals surface area (Å²) in [5, 5.41) is 7.25. The summed E-state index contributed by atoms with van der Waals surface area (Å²) in [5.41, 5.74) is 9.13. The number of aromatic nitrogens is 2. The number of aryl methyl sites for hydroxylation is 2. The zero-order valence-electron chi connectivity index (χ0n) is 11.7. The van der Waals surface area contributed by atoms with Gasteiger partial charge >= 0.3 is 0 Å². The van der Waals surface area contributed by atoms with Crippen molar-refractivity contribution >= 4 is 35.6 Å². The summed E-state index contributed by atoms with van der Waals surface area (Å²) in [5.74, 6) is 0.424. The SMILES string of the molecule is Cc1ccc(NC(N)=NCCn2cc(C)cn2)cc1.I. The van der Waals surface area contributed by atoms with Crippen LogP contribution in [0.25, 0.3) is 0 Å². The van der Waals surface area contributed by atoms with Crippen molar-refractivity contribution in [1.29, 1.82) is 0 Å². The first-order chi connectivity index (χ1) is 9.13. The summed E-state index contributed by atoms with van der Waals surface area (Å²) in [6.07, 6.45) is 3.82. The molecule has 0 aliphatic rings. The van der Waals surface area contributed by atoms with Gasteiger partial charge in [0.25, 0.3) is 0 Å². The average Bonchev–Trinajstić information content (AvgIpc) is 2.78. The molecule has 0 spiro atoms. The first-order valence-electron chi connectivity index (χ1n) is 6.26. The first-order valence-corrected chi connectivity index (χ1v) is 6.26. The van der Waals surface area contributed by atoms with Crippen LogP contribution in [-0.2, 0) is 6.54 Å². The smallest absolute Gasteiger partial charge is 0.193 e. The summed E-state index contributed by atoms with van der Waals surface area (Å²) in [4.78, 5) is 4.27. The summed E-state index contributed by atoms with van der Waals surface area (Å²) in [7, 11) is 0. The van der Waals surface area contributed by atoms with Crippen molar-refractivity contribution in [3.8, 4) is 0 Å². The van der Waals surface area contributed by atoms with E-state index in [-0.39, 0.29) is 24.0 Å². The molecule has 0 fully saturated rings. The quantitative estimate of drug-likeness (QED) is 0.483. The number of benzene rings is 1. The predicted octanol–water partition coefficient (Wildman–Crippen LogP) is 2.54. The lowest BCUT2D eigenvalue weighted by molar-refractivity contribution is 0.625. The van der Waals surface area contributed by atoms with Crippen LogP contribution in [0.5, 0.6) is 0 Å². The zero-order chi connectivity index (χ0) is 13.7. The first kappa shape index (κ1) is 16.5. The highest BCUT2D eigenvalue weighted by Gasteiger charge is 1.96. The molecule has 2 aromatic rings. The maximum Gasteiger partial charge on any atom is 0.193 e. The molecule has 0 unspecified atom stereocenters. The summed E-state index contributed by atoms with van der Waals surface area (Å²) in [6.45, 7) is 5.39. The van der Waals surface area contributed by atoms with Gasteiger partial charge in [-0.2, -0.15) is 5.10 Å². The second kappa shape index (κ2) is 7.88. The van der Waals surface area contributed by atoms with Crippen molar-refractivity contribution in [2.75, 3.05) is 11.9 Å². The van der Waals surface area contributed by atoms with Crippen molar-refractivity contribution in [2.45, 2.75) is 20.4 Å². The van der Waals surface area contributed by atoms with E-state index in [1.807, 2.05) is 55.2 Å². The predicted molar refractivity (Wildman–Crippen MR) is 93.7 cm³/mol. The number of hydrogen-bond donors (Lipinski definition) is 2. The lowest BCUT2D eigenvalue weighted by Crippen LogP contribution is -2.23. The van der Waals surface area contributed by atoms with Gasteiger partial charge in [-0.25, -0.2) is 0 Å². The van der Waals surface area contributed by atoms with E-state index in [4.69, 9.17) is 5.73 Å². The fourth-order valence-electron chi connectivity index (χ4n) is 1.69.